The molecule has 0 atom stereocenters. The van der Waals surface area contributed by atoms with Crippen LogP contribution in [0.5, 0.6) is 0 Å². The van der Waals surface area contributed by atoms with E-state index in [1.54, 1.807) is 9.11 Å². The van der Waals surface area contributed by atoms with Gasteiger partial charge in [0.2, 0.25) is 0 Å². The van der Waals surface area contributed by atoms with Crippen LogP contribution in [0.4, 0.5) is 0 Å². The molecule has 0 N–H and O–H groups in total. The third-order valence-electron chi connectivity index (χ3n) is 1.25. The summed E-state index contributed by atoms with van der Waals surface area (Å²) in [6.07, 6.45) is 3.04. The molecule has 0 unspecified atom stereocenters. The minimum Gasteiger partial charge on any atom is -0.266 e. The smallest absolute Gasteiger partial charge is 0.183 e. The average molecular weight is 280 g/mol. The Hall–Kier alpha value is -0.430. The van der Waals surface area contributed by atoms with Crippen molar-refractivity contribution in [1.82, 2.24) is 17.7 Å². The van der Waals surface area contributed by atoms with E-state index in [4.69, 9.17) is 11.6 Å². The van der Waals surface area contributed by atoms with Gasteiger partial charge < -0.3 is 0 Å². The van der Waals surface area contributed by atoms with Crippen LogP contribution in [0.1, 0.15) is 0 Å². The number of fused-ring (bicyclic) bond motifs is 1. The van der Waals surface area contributed by atoms with Crippen molar-refractivity contribution < 1.29 is 0 Å². The predicted octanol–water partition coefficient (Wildman–Crippen LogP) is 1.68. The lowest BCUT2D eigenvalue weighted by molar-refractivity contribution is 1.20. The number of nitrogens with zero attached hydrogens (tertiary/aromatic N) is 4. The van der Waals surface area contributed by atoms with E-state index in [9.17, 15) is 0 Å². The van der Waals surface area contributed by atoms with Crippen molar-refractivity contribution in [2.75, 3.05) is 0 Å². The van der Waals surface area contributed by atoms with Crippen LogP contribution in [-0.2, 0) is 0 Å². The Balaban J connectivity index is 2.96. The Morgan fingerprint density at radius 1 is 1.36 bits per heavy atom. The Morgan fingerprint density at radius 2 is 2.18 bits per heavy atom. The average Bonchev–Trinajstić information content (AvgIpc) is 2.34. The highest BCUT2D eigenvalue weighted by molar-refractivity contribution is 14.1. The Labute approximate surface area is 81.1 Å². The normalized spacial score (nSPS) is 10.7. The monoisotopic (exact) mass is 280 g/mol. The summed E-state index contributed by atoms with van der Waals surface area (Å²) in [4.78, 5) is 11.8. The fourth-order valence-electron chi connectivity index (χ4n) is 0.790. The molecule has 2 rings (SSSR count). The summed E-state index contributed by atoms with van der Waals surface area (Å²) in [5, 5.41) is 0.432. The third kappa shape index (κ3) is 1.08. The summed E-state index contributed by atoms with van der Waals surface area (Å²) >= 11 is 7.86. The molecule has 0 saturated carbocycles. The summed E-state index contributed by atoms with van der Waals surface area (Å²) in [6, 6.07) is 0. The van der Waals surface area contributed by atoms with Crippen molar-refractivity contribution in [2.24, 2.45) is 0 Å². The van der Waals surface area contributed by atoms with Crippen LogP contribution >= 0.6 is 34.5 Å². The van der Waals surface area contributed by atoms with Crippen LogP contribution in [-0.4, -0.2) is 17.7 Å². The SMILES string of the molecule is Clc1ncnc2ncn(I)c12. The van der Waals surface area contributed by atoms with E-state index in [0.29, 0.717) is 10.8 Å². The zero-order chi connectivity index (χ0) is 7.84. The molecule has 0 aromatic carbocycles. The van der Waals surface area contributed by atoms with Crippen LogP contribution in [0, 0.1) is 0 Å². The molecule has 0 aliphatic rings. The molecule has 2 aromatic heterocycles. The molecule has 0 radical (unpaired) electrons. The second-order valence-corrected chi connectivity index (χ2v) is 3.29. The number of rotatable bonds is 0. The van der Waals surface area contributed by atoms with Crippen molar-refractivity contribution in [2.45, 2.75) is 0 Å². The first-order chi connectivity index (χ1) is 5.29. The van der Waals surface area contributed by atoms with Crippen molar-refractivity contribution in [3.63, 3.8) is 0 Å². The standard InChI is InChI=1S/C5H2ClIN4/c6-4-3-5(9-1-8-4)10-2-11(3)7/h1-2H. The quantitative estimate of drug-likeness (QED) is 0.545. The molecule has 2 heterocycles. The molecule has 11 heavy (non-hydrogen) atoms. The molecule has 0 saturated heterocycles. The first-order valence-electron chi connectivity index (χ1n) is 2.79. The maximum absolute atomic E-state index is 5.79. The number of imidazole rings is 1. The minimum atomic E-state index is 0.432. The van der Waals surface area contributed by atoms with Crippen LogP contribution in [0.25, 0.3) is 11.2 Å². The molecular weight excluding hydrogens is 278 g/mol. The maximum Gasteiger partial charge on any atom is 0.183 e. The van der Waals surface area contributed by atoms with Gasteiger partial charge in [0.25, 0.3) is 0 Å². The number of hydrogen-bond acceptors (Lipinski definition) is 3. The summed E-state index contributed by atoms with van der Waals surface area (Å²) in [5.74, 6) is 0. The van der Waals surface area contributed by atoms with Gasteiger partial charge in [-0.2, -0.15) is 0 Å². The first kappa shape index (κ1) is 7.23. The second kappa shape index (κ2) is 2.56. The van der Waals surface area contributed by atoms with Gasteiger partial charge in [0.1, 0.15) is 18.2 Å². The van der Waals surface area contributed by atoms with Gasteiger partial charge in [-0.05, 0) is 0 Å². The third-order valence-corrected chi connectivity index (χ3v) is 2.26. The lowest BCUT2D eigenvalue weighted by Gasteiger charge is -1.91. The molecule has 0 aliphatic heterocycles. The van der Waals surface area contributed by atoms with Gasteiger partial charge in [0.05, 0.1) is 22.9 Å². The zero-order valence-electron chi connectivity index (χ0n) is 5.20. The summed E-state index contributed by atoms with van der Waals surface area (Å²) in [5.41, 5.74) is 1.38. The molecular formula is C5H2ClIN4. The van der Waals surface area contributed by atoms with Crippen molar-refractivity contribution in [1.29, 1.82) is 0 Å². The van der Waals surface area contributed by atoms with E-state index < -0.39 is 0 Å². The first-order valence-corrected chi connectivity index (χ1v) is 4.13. The summed E-state index contributed by atoms with van der Waals surface area (Å²) < 4.78 is 1.76. The Kier molecular flexibility index (Phi) is 1.68. The molecule has 0 amide bonds. The molecule has 2 aromatic rings. The fraction of sp³-hybridized carbons (Fsp3) is 0. The molecule has 0 aliphatic carbocycles. The highest BCUT2D eigenvalue weighted by Gasteiger charge is 2.05. The van der Waals surface area contributed by atoms with E-state index in [1.807, 2.05) is 0 Å². The molecule has 4 nitrogen and oxygen atoms in total. The van der Waals surface area contributed by atoms with Gasteiger partial charge in [-0.3, -0.25) is 2.78 Å². The van der Waals surface area contributed by atoms with Gasteiger partial charge in [-0.1, -0.05) is 11.6 Å². The van der Waals surface area contributed by atoms with Crippen molar-refractivity contribution >= 4 is 45.6 Å². The van der Waals surface area contributed by atoms with E-state index in [2.05, 4.69) is 37.8 Å². The predicted molar refractivity (Wildman–Crippen MR) is 49.8 cm³/mol. The second-order valence-electron chi connectivity index (χ2n) is 1.89. The zero-order valence-corrected chi connectivity index (χ0v) is 8.11. The van der Waals surface area contributed by atoms with Gasteiger partial charge in [-0.15, -0.1) is 0 Å². The van der Waals surface area contributed by atoms with Gasteiger partial charge in [0.15, 0.2) is 10.8 Å². The Morgan fingerprint density at radius 3 is 2.91 bits per heavy atom. The Bertz CT molecular complexity index is 398. The van der Waals surface area contributed by atoms with E-state index >= 15 is 0 Å². The molecule has 0 spiro atoms. The molecule has 56 valence electrons. The van der Waals surface area contributed by atoms with Crippen LogP contribution < -0.4 is 0 Å². The van der Waals surface area contributed by atoms with Crippen LogP contribution in [0.3, 0.4) is 0 Å². The van der Waals surface area contributed by atoms with Gasteiger partial charge in [0, 0.05) is 0 Å². The lowest BCUT2D eigenvalue weighted by Crippen LogP contribution is -1.83. The highest BCUT2D eigenvalue weighted by atomic mass is 127. The molecule has 6 heteroatoms. The fourth-order valence-corrected chi connectivity index (χ4v) is 1.72. The van der Waals surface area contributed by atoms with Crippen LogP contribution in [0.2, 0.25) is 5.15 Å². The maximum atomic E-state index is 5.79. The van der Waals surface area contributed by atoms with E-state index in [-0.39, 0.29) is 0 Å². The van der Waals surface area contributed by atoms with Crippen molar-refractivity contribution in [3.8, 4) is 0 Å². The molecule has 0 fully saturated rings. The van der Waals surface area contributed by atoms with Gasteiger partial charge in [-0.25, -0.2) is 15.0 Å². The largest absolute Gasteiger partial charge is 0.266 e. The highest BCUT2D eigenvalue weighted by Crippen LogP contribution is 2.19. The van der Waals surface area contributed by atoms with E-state index in [1.165, 1.54) is 6.33 Å². The van der Waals surface area contributed by atoms with E-state index in [0.717, 1.165) is 5.52 Å². The minimum absolute atomic E-state index is 0.432. The molecule has 0 bridgehead atoms. The summed E-state index contributed by atoms with van der Waals surface area (Å²) in [7, 11) is 0. The lowest BCUT2D eigenvalue weighted by atomic mass is 10.6. The number of aromatic nitrogens is 4. The summed E-state index contributed by atoms with van der Waals surface area (Å²) in [6.45, 7) is 0. The topological polar surface area (TPSA) is 43.6 Å². The van der Waals surface area contributed by atoms with Crippen molar-refractivity contribution in [3.05, 3.63) is 17.8 Å². The van der Waals surface area contributed by atoms with Gasteiger partial charge >= 0.3 is 0 Å². The number of hydrogen-bond donors (Lipinski definition) is 0. The number of halogens is 2. The van der Waals surface area contributed by atoms with Crippen LogP contribution in [0.15, 0.2) is 12.7 Å².